The summed E-state index contributed by atoms with van der Waals surface area (Å²) in [7, 11) is 1.60. The molecule has 0 aliphatic carbocycles. The molecule has 6 rings (SSSR count). The summed E-state index contributed by atoms with van der Waals surface area (Å²) in [5.41, 5.74) is 23.6. The van der Waals surface area contributed by atoms with E-state index in [0.29, 0.717) is 31.5 Å². The maximum Gasteiger partial charge on any atom is 0.324 e. The van der Waals surface area contributed by atoms with Crippen LogP contribution in [-0.4, -0.2) is 83.0 Å². The first-order chi connectivity index (χ1) is 27.1. The average molecular weight is 778 g/mol. The molecule has 3 atom stereocenters. The quantitative estimate of drug-likeness (QED) is 0.137. The molecule has 304 valence electrons. The van der Waals surface area contributed by atoms with E-state index in [1.165, 1.54) is 9.91 Å². The van der Waals surface area contributed by atoms with Gasteiger partial charge in [0.25, 0.3) is 5.91 Å². The maximum absolute atomic E-state index is 14.5. The minimum atomic E-state index is -1.000. The van der Waals surface area contributed by atoms with Crippen molar-refractivity contribution < 1.29 is 23.9 Å². The highest BCUT2D eigenvalue weighted by atomic mass is 16.5. The number of hydrogen-bond acceptors (Lipinski definition) is 8. The number of ether oxygens (including phenoxy) is 1. The Morgan fingerprint density at radius 3 is 2.53 bits per heavy atom. The number of anilines is 1. The lowest BCUT2D eigenvalue weighted by molar-refractivity contribution is -0.155. The lowest BCUT2D eigenvalue weighted by atomic mass is 9.84. The van der Waals surface area contributed by atoms with Gasteiger partial charge in [0.05, 0.1) is 12.3 Å². The number of aryl methyl sites for hydroxylation is 2. The Kier molecular flexibility index (Phi) is 12.4. The third-order valence-corrected chi connectivity index (χ3v) is 11.2. The fraction of sp³-hybridized carbons (Fsp3) is 0.467. The number of likely N-dealkylation sites (N-methyl/N-ethyl adjacent to an activating group) is 1. The number of carbonyl (C=O) groups excluding carboxylic acids is 4. The van der Waals surface area contributed by atoms with Gasteiger partial charge in [0.1, 0.15) is 18.1 Å². The summed E-state index contributed by atoms with van der Waals surface area (Å²) in [5.74, 6) is -1.72. The van der Waals surface area contributed by atoms with E-state index in [0.717, 1.165) is 56.5 Å². The van der Waals surface area contributed by atoms with Gasteiger partial charge in [-0.05, 0) is 85.5 Å². The van der Waals surface area contributed by atoms with Crippen molar-refractivity contribution in [2.45, 2.75) is 98.3 Å². The second kappa shape index (κ2) is 17.1. The van der Waals surface area contributed by atoms with Crippen LogP contribution >= 0.6 is 0 Å². The van der Waals surface area contributed by atoms with Gasteiger partial charge in [0.2, 0.25) is 11.8 Å². The topological polar surface area (TPSA) is 165 Å². The molecule has 57 heavy (non-hydrogen) atoms. The normalized spacial score (nSPS) is 19.2. The van der Waals surface area contributed by atoms with Crippen LogP contribution in [-0.2, 0) is 43.3 Å². The number of fused-ring (bicyclic) bond motifs is 6. The van der Waals surface area contributed by atoms with E-state index >= 15 is 0 Å². The van der Waals surface area contributed by atoms with Crippen LogP contribution in [0.1, 0.15) is 70.6 Å². The number of cyclic esters (lactones) is 1. The molecule has 2 aliphatic heterocycles. The van der Waals surface area contributed by atoms with Gasteiger partial charge < -0.3 is 31.0 Å². The van der Waals surface area contributed by atoms with Crippen LogP contribution in [0.2, 0.25) is 0 Å². The number of carbonyl (C=O) groups is 4. The predicted molar refractivity (Wildman–Crippen MR) is 225 cm³/mol. The van der Waals surface area contributed by atoms with Crippen LogP contribution in [0.15, 0.2) is 60.7 Å². The summed E-state index contributed by atoms with van der Waals surface area (Å²) in [6.07, 6.45) is 1.99. The molecule has 4 aromatic rings. The van der Waals surface area contributed by atoms with E-state index in [4.69, 9.17) is 16.2 Å². The van der Waals surface area contributed by atoms with Crippen LogP contribution < -0.4 is 22.2 Å². The number of rotatable bonds is 8. The first-order valence-electron chi connectivity index (χ1n) is 20.2. The van der Waals surface area contributed by atoms with Crippen molar-refractivity contribution in [3.05, 3.63) is 77.4 Å². The number of nitrogens with one attached hydrogen (secondary N) is 2. The minimum absolute atomic E-state index is 0.104. The van der Waals surface area contributed by atoms with Gasteiger partial charge in [-0.1, -0.05) is 69.7 Å². The van der Waals surface area contributed by atoms with E-state index in [1.807, 2.05) is 45.0 Å². The molecule has 0 radical (unpaired) electrons. The highest BCUT2D eigenvalue weighted by molar-refractivity contribution is 5.96. The standard InChI is InChI=1S/C45H59N7O5/c1-8-51-38-15-14-30-24-34(38)35(41(51)31-11-9-12-33(47)23-31)25-45(5,6)26-57-44(56)36-13-10-18-52(49-36)43(55)37(22-29-19-28(4)20-32(30)21-29)48-42(54)40(27(2)3)50(7)39(53)16-17-46/h9,11-12,14-15,19-21,23-24,27,36-37,40,49H,8,10,13,16-18,22,25-26,46-47H2,1-7H3,(H,48,54)/t36-,37-,40-/m0/s1. The molecule has 12 nitrogen and oxygen atoms in total. The zero-order chi connectivity index (χ0) is 41.2. The van der Waals surface area contributed by atoms with Crippen molar-refractivity contribution in [2.24, 2.45) is 17.1 Å². The van der Waals surface area contributed by atoms with E-state index in [-0.39, 0.29) is 43.7 Å². The second-order valence-corrected chi connectivity index (χ2v) is 16.9. The fourth-order valence-electron chi connectivity index (χ4n) is 8.55. The summed E-state index contributed by atoms with van der Waals surface area (Å²) in [4.78, 5) is 56.7. The Labute approximate surface area is 336 Å². The molecule has 12 heteroatoms. The van der Waals surface area contributed by atoms with Crippen molar-refractivity contribution in [3.8, 4) is 22.4 Å². The molecule has 3 aromatic carbocycles. The molecule has 6 bridgehead atoms. The van der Waals surface area contributed by atoms with Crippen molar-refractivity contribution >= 4 is 40.3 Å². The number of nitrogens with two attached hydrogens (primary N) is 2. The van der Waals surface area contributed by atoms with Crippen LogP contribution in [0, 0.1) is 18.3 Å². The van der Waals surface area contributed by atoms with Gasteiger partial charge in [0.15, 0.2) is 0 Å². The summed E-state index contributed by atoms with van der Waals surface area (Å²) >= 11 is 0. The number of hydrazine groups is 1. The number of hydrogen-bond donors (Lipinski definition) is 4. The van der Waals surface area contributed by atoms with Gasteiger partial charge in [-0.3, -0.25) is 24.2 Å². The summed E-state index contributed by atoms with van der Waals surface area (Å²) in [6, 6.07) is 18.2. The molecular formula is C45H59N7O5. The van der Waals surface area contributed by atoms with Gasteiger partial charge in [-0.25, -0.2) is 5.43 Å². The number of nitrogens with zero attached hydrogens (tertiary/aromatic N) is 3. The molecule has 0 unspecified atom stereocenters. The number of esters is 1. The first kappa shape index (κ1) is 41.4. The zero-order valence-corrected chi connectivity index (χ0v) is 34.5. The van der Waals surface area contributed by atoms with Crippen molar-refractivity contribution in [3.63, 3.8) is 0 Å². The first-order valence-corrected chi connectivity index (χ1v) is 20.2. The maximum atomic E-state index is 14.5. The number of aromatic nitrogens is 1. The van der Waals surface area contributed by atoms with Gasteiger partial charge >= 0.3 is 5.97 Å². The Morgan fingerprint density at radius 1 is 1.05 bits per heavy atom. The lowest BCUT2D eigenvalue weighted by Gasteiger charge is -2.36. The van der Waals surface area contributed by atoms with Crippen molar-refractivity contribution in [2.75, 3.05) is 32.5 Å². The second-order valence-electron chi connectivity index (χ2n) is 16.9. The third kappa shape index (κ3) is 9.02. The predicted octanol–water partition coefficient (Wildman–Crippen LogP) is 5.37. The average Bonchev–Trinajstić information content (AvgIpc) is 3.47. The number of amides is 3. The molecule has 1 fully saturated rings. The van der Waals surface area contributed by atoms with Crippen molar-refractivity contribution in [1.82, 2.24) is 25.2 Å². The third-order valence-electron chi connectivity index (χ3n) is 11.2. The smallest absolute Gasteiger partial charge is 0.324 e. The fourth-order valence-corrected chi connectivity index (χ4v) is 8.55. The molecule has 1 saturated heterocycles. The van der Waals surface area contributed by atoms with E-state index in [9.17, 15) is 19.2 Å². The lowest BCUT2D eigenvalue weighted by Crippen LogP contribution is -2.62. The highest BCUT2D eigenvalue weighted by Crippen LogP contribution is 2.40. The van der Waals surface area contributed by atoms with E-state index in [2.05, 4.69) is 72.5 Å². The number of nitrogen functional groups attached to an aromatic ring is 1. The molecule has 2 aliphatic rings. The molecule has 0 saturated carbocycles. The van der Waals surface area contributed by atoms with Crippen LogP contribution in [0.4, 0.5) is 5.69 Å². The van der Waals surface area contributed by atoms with Gasteiger partial charge in [-0.2, -0.15) is 0 Å². The monoisotopic (exact) mass is 777 g/mol. The Morgan fingerprint density at radius 2 is 1.82 bits per heavy atom. The largest absolute Gasteiger partial charge is 0.464 e. The Bertz CT molecular complexity index is 2160. The summed E-state index contributed by atoms with van der Waals surface area (Å²) < 4.78 is 8.39. The molecule has 1 aromatic heterocycles. The molecule has 6 N–H and O–H groups in total. The highest BCUT2D eigenvalue weighted by Gasteiger charge is 2.37. The summed E-state index contributed by atoms with van der Waals surface area (Å²) in [6.45, 7) is 13.5. The zero-order valence-electron chi connectivity index (χ0n) is 34.5. The molecule has 3 amide bonds. The van der Waals surface area contributed by atoms with E-state index in [1.54, 1.807) is 7.05 Å². The van der Waals surface area contributed by atoms with E-state index < -0.39 is 35.4 Å². The Hall–Kier alpha value is -5.20. The molecule has 0 spiro atoms. The molecular weight excluding hydrogens is 719 g/mol. The SMILES string of the molecule is CCn1c(-c2cccc(N)c2)c2c3cc(ccc31)-c1cc(C)cc(c1)C[C@H](NC(=O)[C@H](C(C)C)N(C)C(=O)CCN)C(=O)N1CCC[C@H](N1)C(=O)OCC(C)(C)C2. The van der Waals surface area contributed by atoms with Crippen LogP contribution in [0.5, 0.6) is 0 Å². The minimum Gasteiger partial charge on any atom is -0.464 e. The Balaban J connectivity index is 1.49. The van der Waals surface area contributed by atoms with Crippen LogP contribution in [0.25, 0.3) is 33.3 Å². The van der Waals surface area contributed by atoms with Crippen molar-refractivity contribution in [1.29, 1.82) is 0 Å². The summed E-state index contributed by atoms with van der Waals surface area (Å²) in [5, 5.41) is 5.59. The number of benzene rings is 3. The van der Waals surface area contributed by atoms with Gasteiger partial charge in [0, 0.05) is 67.1 Å². The van der Waals surface area contributed by atoms with Gasteiger partial charge in [-0.15, -0.1) is 0 Å². The molecule has 3 heterocycles. The van der Waals surface area contributed by atoms with Crippen LogP contribution in [0.3, 0.4) is 0 Å².